The van der Waals surface area contributed by atoms with Gasteiger partial charge in [-0.3, -0.25) is 0 Å². The molecule has 132 valence electrons. The predicted molar refractivity (Wildman–Crippen MR) is 96.9 cm³/mol. The normalized spacial score (nSPS) is 14.9. The average molecular weight is 331 g/mol. The zero-order valence-electron chi connectivity index (χ0n) is 15.5. The Morgan fingerprint density at radius 3 is 2.62 bits per heavy atom. The Hall–Kier alpha value is -1.81. The minimum absolute atomic E-state index is 0.218. The quantitative estimate of drug-likeness (QED) is 0.767. The molecule has 4 heteroatoms. The molecule has 0 bridgehead atoms. The van der Waals surface area contributed by atoms with E-state index in [1.54, 1.807) is 7.11 Å². The van der Waals surface area contributed by atoms with Crippen molar-refractivity contribution < 1.29 is 14.3 Å². The molecule has 0 atom stereocenters. The fourth-order valence-electron chi connectivity index (χ4n) is 2.48. The van der Waals surface area contributed by atoms with E-state index < -0.39 is 5.60 Å². The van der Waals surface area contributed by atoms with Crippen molar-refractivity contribution in [2.75, 3.05) is 13.7 Å². The molecule has 1 aromatic carbocycles. The van der Waals surface area contributed by atoms with E-state index in [-0.39, 0.29) is 6.09 Å². The van der Waals surface area contributed by atoms with Gasteiger partial charge in [-0.15, -0.1) is 0 Å². The minimum atomic E-state index is -0.468. The van der Waals surface area contributed by atoms with Crippen LogP contribution in [0.4, 0.5) is 4.79 Å². The van der Waals surface area contributed by atoms with E-state index in [2.05, 4.69) is 25.1 Å². The molecule has 0 heterocycles. The van der Waals surface area contributed by atoms with E-state index in [9.17, 15) is 4.79 Å². The highest BCUT2D eigenvalue weighted by Gasteiger charge is 2.35. The Bertz CT molecular complexity index is 597. The molecule has 1 fully saturated rings. The van der Waals surface area contributed by atoms with Crippen LogP contribution in [0, 0.1) is 6.92 Å². The van der Waals surface area contributed by atoms with Gasteiger partial charge in [0.2, 0.25) is 0 Å². The molecular formula is C20H29NO3. The van der Waals surface area contributed by atoms with Crippen molar-refractivity contribution in [1.29, 1.82) is 0 Å². The van der Waals surface area contributed by atoms with Gasteiger partial charge in [-0.1, -0.05) is 24.3 Å². The van der Waals surface area contributed by atoms with Crippen molar-refractivity contribution in [3.8, 4) is 0 Å². The first kappa shape index (κ1) is 18.5. The van der Waals surface area contributed by atoms with Crippen molar-refractivity contribution in [1.82, 2.24) is 4.90 Å². The number of nitrogens with zero attached hydrogens (tertiary/aromatic N) is 1. The third-order valence-electron chi connectivity index (χ3n) is 3.90. The van der Waals surface area contributed by atoms with Gasteiger partial charge in [0, 0.05) is 19.7 Å². The summed E-state index contributed by atoms with van der Waals surface area (Å²) < 4.78 is 10.6. The van der Waals surface area contributed by atoms with Crippen LogP contribution in [-0.4, -0.2) is 36.4 Å². The van der Waals surface area contributed by atoms with Crippen LogP contribution in [0.5, 0.6) is 0 Å². The van der Waals surface area contributed by atoms with Crippen molar-refractivity contribution in [3.05, 3.63) is 41.0 Å². The summed E-state index contributed by atoms with van der Waals surface area (Å²) in [6.45, 7) is 8.98. The molecule has 1 aliphatic carbocycles. The molecule has 24 heavy (non-hydrogen) atoms. The number of aryl methyl sites for hydroxylation is 1. The van der Waals surface area contributed by atoms with E-state index in [0.29, 0.717) is 19.2 Å². The second-order valence-corrected chi connectivity index (χ2v) is 7.38. The molecule has 4 nitrogen and oxygen atoms in total. The van der Waals surface area contributed by atoms with Crippen LogP contribution in [-0.2, 0) is 16.0 Å². The van der Waals surface area contributed by atoms with Gasteiger partial charge < -0.3 is 14.4 Å². The van der Waals surface area contributed by atoms with Crippen LogP contribution < -0.4 is 0 Å². The first-order valence-corrected chi connectivity index (χ1v) is 8.55. The monoisotopic (exact) mass is 331 g/mol. The molecule has 1 saturated carbocycles. The molecule has 1 aromatic rings. The number of rotatable bonds is 6. The molecule has 0 N–H and O–H groups in total. The van der Waals surface area contributed by atoms with E-state index in [0.717, 1.165) is 24.0 Å². The lowest BCUT2D eigenvalue weighted by atomic mass is 10.0. The Kier molecular flexibility index (Phi) is 6.05. The summed E-state index contributed by atoms with van der Waals surface area (Å²) in [5.74, 6) is 0. The summed E-state index contributed by atoms with van der Waals surface area (Å²) in [6, 6.07) is 6.63. The Balaban J connectivity index is 2.14. The van der Waals surface area contributed by atoms with Crippen LogP contribution in [0.15, 0.2) is 24.3 Å². The maximum absolute atomic E-state index is 12.5. The summed E-state index contributed by atoms with van der Waals surface area (Å²) >= 11 is 0. The maximum atomic E-state index is 12.5. The molecule has 0 aliphatic heterocycles. The SMILES string of the molecule is COCC=Cc1ccc(C)c(CN(C(=O)OC(C)(C)C)C2CC2)c1. The van der Waals surface area contributed by atoms with Gasteiger partial charge in [-0.2, -0.15) is 0 Å². The number of hydrogen-bond donors (Lipinski definition) is 0. The Labute approximate surface area is 145 Å². The van der Waals surface area contributed by atoms with Gasteiger partial charge in [-0.25, -0.2) is 4.79 Å². The van der Waals surface area contributed by atoms with Crippen molar-refractivity contribution in [2.45, 2.75) is 58.7 Å². The highest BCUT2D eigenvalue weighted by molar-refractivity contribution is 5.69. The van der Waals surface area contributed by atoms with E-state index in [1.165, 1.54) is 5.56 Å². The second kappa shape index (κ2) is 7.84. The molecule has 0 radical (unpaired) electrons. The highest BCUT2D eigenvalue weighted by Crippen LogP contribution is 2.30. The van der Waals surface area contributed by atoms with Gasteiger partial charge in [0.1, 0.15) is 5.60 Å². The number of ether oxygens (including phenoxy) is 2. The summed E-state index contributed by atoms with van der Waals surface area (Å²) in [5, 5.41) is 0. The molecule has 0 saturated heterocycles. The first-order chi connectivity index (χ1) is 11.3. The smallest absolute Gasteiger partial charge is 0.410 e. The van der Waals surface area contributed by atoms with Crippen molar-refractivity contribution >= 4 is 12.2 Å². The number of methoxy groups -OCH3 is 1. The van der Waals surface area contributed by atoms with E-state index in [1.807, 2.05) is 37.8 Å². The highest BCUT2D eigenvalue weighted by atomic mass is 16.6. The third-order valence-corrected chi connectivity index (χ3v) is 3.90. The number of amides is 1. The van der Waals surface area contributed by atoms with Gasteiger partial charge in [0.05, 0.1) is 6.61 Å². The lowest BCUT2D eigenvalue weighted by Gasteiger charge is -2.28. The number of carbonyl (C=O) groups is 1. The van der Waals surface area contributed by atoms with Crippen molar-refractivity contribution in [2.24, 2.45) is 0 Å². The lowest BCUT2D eigenvalue weighted by molar-refractivity contribution is 0.0216. The molecule has 0 spiro atoms. The molecule has 0 unspecified atom stereocenters. The van der Waals surface area contributed by atoms with Crippen LogP contribution >= 0.6 is 0 Å². The number of hydrogen-bond acceptors (Lipinski definition) is 3. The third kappa shape index (κ3) is 5.68. The summed E-state index contributed by atoms with van der Waals surface area (Å²) in [7, 11) is 1.68. The predicted octanol–water partition coefficient (Wildman–Crippen LogP) is 4.55. The van der Waals surface area contributed by atoms with Crippen LogP contribution in [0.25, 0.3) is 6.08 Å². The van der Waals surface area contributed by atoms with Gasteiger partial charge in [-0.05, 0) is 63.3 Å². The van der Waals surface area contributed by atoms with Gasteiger partial charge in [0.25, 0.3) is 0 Å². The van der Waals surface area contributed by atoms with E-state index >= 15 is 0 Å². The van der Waals surface area contributed by atoms with Gasteiger partial charge in [0.15, 0.2) is 0 Å². The summed E-state index contributed by atoms with van der Waals surface area (Å²) in [5.41, 5.74) is 3.00. The van der Waals surface area contributed by atoms with Crippen LogP contribution in [0.2, 0.25) is 0 Å². The van der Waals surface area contributed by atoms with Crippen LogP contribution in [0.1, 0.15) is 50.3 Å². The minimum Gasteiger partial charge on any atom is -0.444 e. The summed E-state index contributed by atoms with van der Waals surface area (Å²) in [4.78, 5) is 14.4. The zero-order chi connectivity index (χ0) is 17.7. The topological polar surface area (TPSA) is 38.8 Å². The Morgan fingerprint density at radius 1 is 1.33 bits per heavy atom. The maximum Gasteiger partial charge on any atom is 0.410 e. The van der Waals surface area contributed by atoms with Crippen LogP contribution in [0.3, 0.4) is 0 Å². The lowest BCUT2D eigenvalue weighted by Crippen LogP contribution is -2.38. The molecular weight excluding hydrogens is 302 g/mol. The fourth-order valence-corrected chi connectivity index (χ4v) is 2.48. The number of benzene rings is 1. The largest absolute Gasteiger partial charge is 0.444 e. The van der Waals surface area contributed by atoms with Crippen molar-refractivity contribution in [3.63, 3.8) is 0 Å². The number of carbonyl (C=O) groups excluding carboxylic acids is 1. The standard InChI is InChI=1S/C20H29NO3/c1-15-8-9-16(7-6-12-23-5)13-17(15)14-21(18-10-11-18)19(22)24-20(2,3)4/h6-9,13,18H,10-12,14H2,1-5H3. The fraction of sp³-hybridized carbons (Fsp3) is 0.550. The molecule has 0 aromatic heterocycles. The molecule has 1 aliphatic rings. The summed E-state index contributed by atoms with van der Waals surface area (Å²) in [6.07, 6.45) is 5.93. The molecule has 1 amide bonds. The zero-order valence-corrected chi connectivity index (χ0v) is 15.5. The first-order valence-electron chi connectivity index (χ1n) is 8.55. The second-order valence-electron chi connectivity index (χ2n) is 7.38. The average Bonchev–Trinajstić information content (AvgIpc) is 3.30. The van der Waals surface area contributed by atoms with E-state index in [4.69, 9.17) is 9.47 Å². The Morgan fingerprint density at radius 2 is 2.04 bits per heavy atom. The molecule has 2 rings (SSSR count). The van der Waals surface area contributed by atoms with Gasteiger partial charge >= 0.3 is 6.09 Å².